The van der Waals surface area contributed by atoms with Crippen molar-refractivity contribution in [3.8, 4) is 5.75 Å². The van der Waals surface area contributed by atoms with E-state index < -0.39 is 0 Å². The molecule has 3 heteroatoms. The van der Waals surface area contributed by atoms with Gasteiger partial charge >= 0.3 is 0 Å². The third-order valence-electron chi connectivity index (χ3n) is 3.62. The molecule has 0 heterocycles. The zero-order valence-corrected chi connectivity index (χ0v) is 14.4. The molecule has 0 amide bonds. The summed E-state index contributed by atoms with van der Waals surface area (Å²) in [4.78, 5) is 0. The van der Waals surface area contributed by atoms with E-state index in [9.17, 15) is 0 Å². The average molecular weight is 348 g/mol. The number of aryl methyl sites for hydroxylation is 2. The van der Waals surface area contributed by atoms with Crippen molar-refractivity contribution in [3.63, 3.8) is 0 Å². The van der Waals surface area contributed by atoms with Gasteiger partial charge in [-0.25, -0.2) is 0 Å². The molecule has 0 aliphatic carbocycles. The van der Waals surface area contributed by atoms with Crippen LogP contribution in [0.3, 0.4) is 0 Å². The van der Waals surface area contributed by atoms with Gasteiger partial charge in [-0.1, -0.05) is 39.7 Å². The fourth-order valence-corrected chi connectivity index (χ4v) is 2.84. The van der Waals surface area contributed by atoms with Crippen LogP contribution < -0.4 is 10.5 Å². The van der Waals surface area contributed by atoms with E-state index in [0.717, 1.165) is 22.2 Å². The maximum absolute atomic E-state index is 6.45. The summed E-state index contributed by atoms with van der Waals surface area (Å²) in [5.74, 6) is 0.874. The zero-order chi connectivity index (χ0) is 15.4. The van der Waals surface area contributed by atoms with E-state index in [1.54, 1.807) is 0 Å². The standard InChI is InChI=1S/C18H22BrNO/c1-4-21-18-8-7-15(19)11-16(18)17(20)10-14-9-12(2)5-6-13(14)3/h5-9,11,17H,4,10,20H2,1-3H3. The Bertz CT molecular complexity index is 625. The van der Waals surface area contributed by atoms with Crippen LogP contribution in [-0.2, 0) is 6.42 Å². The minimum Gasteiger partial charge on any atom is -0.494 e. The number of rotatable bonds is 5. The Balaban J connectivity index is 2.29. The first-order valence-corrected chi connectivity index (χ1v) is 8.04. The lowest BCUT2D eigenvalue weighted by Crippen LogP contribution is -2.15. The molecule has 0 saturated heterocycles. The Morgan fingerprint density at radius 1 is 1.14 bits per heavy atom. The lowest BCUT2D eigenvalue weighted by Gasteiger charge is -2.18. The van der Waals surface area contributed by atoms with Gasteiger partial charge in [-0.3, -0.25) is 0 Å². The highest BCUT2D eigenvalue weighted by molar-refractivity contribution is 9.10. The van der Waals surface area contributed by atoms with Crippen molar-refractivity contribution in [2.45, 2.75) is 33.2 Å². The van der Waals surface area contributed by atoms with E-state index in [1.807, 2.05) is 19.1 Å². The van der Waals surface area contributed by atoms with Crippen LogP contribution in [0.15, 0.2) is 40.9 Å². The van der Waals surface area contributed by atoms with E-state index >= 15 is 0 Å². The van der Waals surface area contributed by atoms with Gasteiger partial charge in [0.25, 0.3) is 0 Å². The fourth-order valence-electron chi connectivity index (χ4n) is 2.46. The molecule has 2 aromatic rings. The summed E-state index contributed by atoms with van der Waals surface area (Å²) < 4.78 is 6.73. The molecule has 1 atom stereocenters. The van der Waals surface area contributed by atoms with Crippen LogP contribution >= 0.6 is 15.9 Å². The number of nitrogens with two attached hydrogens (primary N) is 1. The second-order valence-corrected chi connectivity index (χ2v) is 6.27. The maximum atomic E-state index is 6.45. The lowest BCUT2D eigenvalue weighted by molar-refractivity contribution is 0.334. The first-order chi connectivity index (χ1) is 10.0. The van der Waals surface area contributed by atoms with Gasteiger partial charge in [0, 0.05) is 16.1 Å². The maximum Gasteiger partial charge on any atom is 0.124 e. The summed E-state index contributed by atoms with van der Waals surface area (Å²) in [5, 5.41) is 0. The van der Waals surface area contributed by atoms with Crippen LogP contribution in [0.4, 0.5) is 0 Å². The second-order valence-electron chi connectivity index (χ2n) is 5.36. The van der Waals surface area contributed by atoms with Gasteiger partial charge in [-0.05, 0) is 56.5 Å². The van der Waals surface area contributed by atoms with Crippen LogP contribution in [0, 0.1) is 13.8 Å². The summed E-state index contributed by atoms with van der Waals surface area (Å²) in [5.41, 5.74) is 11.3. The van der Waals surface area contributed by atoms with Crippen LogP contribution in [0.1, 0.15) is 35.2 Å². The first-order valence-electron chi connectivity index (χ1n) is 7.25. The minimum atomic E-state index is -0.0791. The quantitative estimate of drug-likeness (QED) is 0.850. The molecule has 21 heavy (non-hydrogen) atoms. The molecule has 2 N–H and O–H groups in total. The lowest BCUT2D eigenvalue weighted by atomic mass is 9.95. The van der Waals surface area contributed by atoms with Crippen LogP contribution in [0.5, 0.6) is 5.75 Å². The Morgan fingerprint density at radius 3 is 2.62 bits per heavy atom. The van der Waals surface area contributed by atoms with Gasteiger partial charge in [0.15, 0.2) is 0 Å². The molecule has 0 saturated carbocycles. The van der Waals surface area contributed by atoms with Crippen molar-refractivity contribution in [1.29, 1.82) is 0 Å². The van der Waals surface area contributed by atoms with Crippen molar-refractivity contribution in [3.05, 3.63) is 63.1 Å². The normalized spacial score (nSPS) is 12.2. The highest BCUT2D eigenvalue weighted by atomic mass is 79.9. The van der Waals surface area contributed by atoms with Crippen LogP contribution in [0.25, 0.3) is 0 Å². The summed E-state index contributed by atoms with van der Waals surface area (Å²) in [6.45, 7) is 6.87. The highest BCUT2D eigenvalue weighted by Crippen LogP contribution is 2.30. The van der Waals surface area contributed by atoms with Gasteiger partial charge in [-0.15, -0.1) is 0 Å². The molecule has 0 radical (unpaired) electrons. The van der Waals surface area contributed by atoms with Crippen LogP contribution in [0.2, 0.25) is 0 Å². The number of halogens is 1. The molecule has 112 valence electrons. The molecule has 0 bridgehead atoms. The highest BCUT2D eigenvalue weighted by Gasteiger charge is 2.14. The van der Waals surface area contributed by atoms with Crippen molar-refractivity contribution in [2.24, 2.45) is 5.73 Å². The van der Waals surface area contributed by atoms with Crippen molar-refractivity contribution >= 4 is 15.9 Å². The molecule has 2 nitrogen and oxygen atoms in total. The molecule has 1 unspecified atom stereocenters. The Morgan fingerprint density at radius 2 is 1.90 bits per heavy atom. The molecular formula is C18H22BrNO. The Labute approximate surface area is 135 Å². The van der Waals surface area contributed by atoms with E-state index in [0.29, 0.717) is 6.61 Å². The Hall–Kier alpha value is -1.32. The van der Waals surface area contributed by atoms with Gasteiger partial charge in [0.05, 0.1) is 6.61 Å². The van der Waals surface area contributed by atoms with Crippen molar-refractivity contribution in [2.75, 3.05) is 6.61 Å². The topological polar surface area (TPSA) is 35.2 Å². The monoisotopic (exact) mass is 347 g/mol. The summed E-state index contributed by atoms with van der Waals surface area (Å²) in [7, 11) is 0. The third-order valence-corrected chi connectivity index (χ3v) is 4.11. The summed E-state index contributed by atoms with van der Waals surface area (Å²) in [6.07, 6.45) is 0.810. The predicted molar refractivity (Wildman–Crippen MR) is 91.9 cm³/mol. The number of benzene rings is 2. The van der Waals surface area contributed by atoms with E-state index in [2.05, 4.69) is 54.0 Å². The van der Waals surface area contributed by atoms with Gasteiger partial charge in [0.1, 0.15) is 5.75 Å². The molecule has 0 aliphatic heterocycles. The van der Waals surface area contributed by atoms with Gasteiger partial charge < -0.3 is 10.5 Å². The predicted octanol–water partition coefficient (Wildman–Crippen LogP) is 4.71. The number of ether oxygens (including phenoxy) is 1. The second kappa shape index (κ2) is 7.10. The largest absolute Gasteiger partial charge is 0.494 e. The SMILES string of the molecule is CCOc1ccc(Br)cc1C(N)Cc1cc(C)ccc1C. The molecule has 2 rings (SSSR count). The minimum absolute atomic E-state index is 0.0791. The number of hydrogen-bond donors (Lipinski definition) is 1. The zero-order valence-electron chi connectivity index (χ0n) is 12.8. The van der Waals surface area contributed by atoms with Crippen molar-refractivity contribution < 1.29 is 4.74 Å². The third kappa shape index (κ3) is 4.08. The molecule has 0 aliphatic rings. The van der Waals surface area contributed by atoms with E-state index in [1.165, 1.54) is 16.7 Å². The average Bonchev–Trinajstić information content (AvgIpc) is 2.45. The first kappa shape index (κ1) is 16.1. The molecule has 0 spiro atoms. The van der Waals surface area contributed by atoms with Gasteiger partial charge in [0.2, 0.25) is 0 Å². The van der Waals surface area contributed by atoms with E-state index in [4.69, 9.17) is 10.5 Å². The van der Waals surface area contributed by atoms with Crippen LogP contribution in [-0.4, -0.2) is 6.61 Å². The molecule has 0 aromatic heterocycles. The van der Waals surface area contributed by atoms with E-state index in [-0.39, 0.29) is 6.04 Å². The molecule has 0 fully saturated rings. The summed E-state index contributed by atoms with van der Waals surface area (Å²) >= 11 is 3.52. The summed E-state index contributed by atoms with van der Waals surface area (Å²) in [6, 6.07) is 12.4. The fraction of sp³-hybridized carbons (Fsp3) is 0.333. The molecule has 2 aromatic carbocycles. The van der Waals surface area contributed by atoms with Crippen molar-refractivity contribution in [1.82, 2.24) is 0 Å². The smallest absolute Gasteiger partial charge is 0.124 e. The van der Waals surface area contributed by atoms with Gasteiger partial charge in [-0.2, -0.15) is 0 Å². The Kier molecular flexibility index (Phi) is 5.43. The number of hydrogen-bond acceptors (Lipinski definition) is 2. The molecular weight excluding hydrogens is 326 g/mol.